The number of aldehydes is 1. The minimum absolute atomic E-state index is 0.0433. The molecule has 0 radical (unpaired) electrons. The molecular formula is C27H36N2O8. The predicted molar refractivity (Wildman–Crippen MR) is 134 cm³/mol. The summed E-state index contributed by atoms with van der Waals surface area (Å²) in [5, 5.41) is 23.6. The summed E-state index contributed by atoms with van der Waals surface area (Å²) >= 11 is 0. The van der Waals surface area contributed by atoms with Gasteiger partial charge in [0.25, 0.3) is 0 Å². The second-order valence-corrected chi connectivity index (χ2v) is 10.2. The van der Waals surface area contributed by atoms with Crippen LogP contribution in [0.3, 0.4) is 0 Å². The number of amides is 2. The molecule has 0 aromatic heterocycles. The maximum absolute atomic E-state index is 13.6. The minimum atomic E-state index is -1.14. The predicted octanol–water partition coefficient (Wildman–Crippen LogP) is 1.04. The number of rotatable bonds is 10. The number of aliphatic hydroxyl groups excluding tert-OH is 2. The Morgan fingerprint density at radius 2 is 2.11 bits per heavy atom. The number of fused-ring (bicyclic) bond motifs is 3. The molecule has 4 rings (SSSR count). The zero-order chi connectivity index (χ0) is 26.7. The van der Waals surface area contributed by atoms with Crippen molar-refractivity contribution in [2.24, 2.45) is 11.8 Å². The molecule has 1 aromatic rings. The molecule has 2 amide bonds. The number of ether oxygens (including phenoxy) is 3. The van der Waals surface area contributed by atoms with E-state index in [1.807, 2.05) is 0 Å². The Bertz CT molecular complexity index is 1050. The normalized spacial score (nSPS) is 26.1. The van der Waals surface area contributed by atoms with Gasteiger partial charge in [-0.2, -0.15) is 0 Å². The lowest BCUT2D eigenvalue weighted by atomic mass is 9.77. The second kappa shape index (κ2) is 11.6. The smallest absolute Gasteiger partial charge is 0.247 e. The first kappa shape index (κ1) is 27.1. The molecular weight excluding hydrogens is 480 g/mol. The van der Waals surface area contributed by atoms with Gasteiger partial charge in [-0.3, -0.25) is 14.4 Å². The van der Waals surface area contributed by atoms with Gasteiger partial charge < -0.3 is 34.6 Å². The fourth-order valence-electron chi connectivity index (χ4n) is 5.33. The zero-order valence-electron chi connectivity index (χ0n) is 21.5. The molecule has 10 nitrogen and oxygen atoms in total. The van der Waals surface area contributed by atoms with E-state index in [0.29, 0.717) is 73.0 Å². The van der Waals surface area contributed by atoms with Crippen LogP contribution in [0, 0.1) is 11.8 Å². The molecule has 0 bridgehead atoms. The van der Waals surface area contributed by atoms with Crippen molar-refractivity contribution >= 4 is 18.1 Å². The van der Waals surface area contributed by atoms with E-state index in [-0.39, 0.29) is 25.0 Å². The largest absolute Gasteiger partial charge is 0.493 e. The highest BCUT2D eigenvalue weighted by atomic mass is 16.5. The third kappa shape index (κ3) is 5.37. The van der Waals surface area contributed by atoms with Crippen LogP contribution in [-0.2, 0) is 14.3 Å². The number of hydrogen-bond donors (Lipinski definition) is 3. The van der Waals surface area contributed by atoms with Gasteiger partial charge in [0.2, 0.25) is 11.8 Å². The fraction of sp³-hybridized carbons (Fsp3) is 0.593. The van der Waals surface area contributed by atoms with Gasteiger partial charge in [0, 0.05) is 36.4 Å². The van der Waals surface area contributed by atoms with Crippen molar-refractivity contribution in [3.8, 4) is 11.5 Å². The summed E-state index contributed by atoms with van der Waals surface area (Å²) in [6, 6.07) is 2.36. The molecule has 10 heteroatoms. The number of carbonyl (C=O) groups is 3. The van der Waals surface area contributed by atoms with E-state index in [0.717, 1.165) is 0 Å². The summed E-state index contributed by atoms with van der Waals surface area (Å²) in [7, 11) is 1.45. The molecule has 0 spiro atoms. The van der Waals surface area contributed by atoms with Crippen molar-refractivity contribution in [3.63, 3.8) is 0 Å². The number of hydrogen-bond acceptors (Lipinski definition) is 8. The van der Waals surface area contributed by atoms with Crippen molar-refractivity contribution in [2.45, 2.75) is 50.9 Å². The summed E-state index contributed by atoms with van der Waals surface area (Å²) in [4.78, 5) is 40.2. The van der Waals surface area contributed by atoms with Gasteiger partial charge >= 0.3 is 0 Å². The van der Waals surface area contributed by atoms with Gasteiger partial charge in [-0.25, -0.2) is 0 Å². The first-order valence-electron chi connectivity index (χ1n) is 12.8. The lowest BCUT2D eigenvalue weighted by molar-refractivity contribution is -0.141. The maximum Gasteiger partial charge on any atom is 0.247 e. The molecule has 2 aliphatic heterocycles. The SMILES string of the molecule is COc1cc(C=O)cc2c1O[C@@H]1[C@@H](O)[C@H](N(CCC(C)C)C(=O)C3CCOC3)C=C(C(=O)NCCO)[C@H]21. The molecule has 2 heterocycles. The summed E-state index contributed by atoms with van der Waals surface area (Å²) in [6.07, 6.45) is 1.62. The quantitative estimate of drug-likeness (QED) is 0.393. The van der Waals surface area contributed by atoms with Gasteiger partial charge in [-0.05, 0) is 37.0 Å². The molecule has 3 aliphatic rings. The molecule has 0 saturated carbocycles. The average molecular weight is 517 g/mol. The van der Waals surface area contributed by atoms with Crippen LogP contribution in [0.4, 0.5) is 0 Å². The van der Waals surface area contributed by atoms with E-state index in [4.69, 9.17) is 14.2 Å². The summed E-state index contributed by atoms with van der Waals surface area (Å²) in [6.45, 7) is 5.16. The van der Waals surface area contributed by atoms with Gasteiger partial charge in [-0.1, -0.05) is 13.8 Å². The van der Waals surface area contributed by atoms with Crippen LogP contribution >= 0.6 is 0 Å². The van der Waals surface area contributed by atoms with E-state index < -0.39 is 30.1 Å². The van der Waals surface area contributed by atoms with Gasteiger partial charge in [0.05, 0.1) is 38.2 Å². The number of methoxy groups -OCH3 is 1. The Kier molecular flexibility index (Phi) is 8.51. The van der Waals surface area contributed by atoms with Crippen LogP contribution in [0.25, 0.3) is 0 Å². The summed E-state index contributed by atoms with van der Waals surface area (Å²) in [5.74, 6) is -0.564. The first-order valence-corrected chi connectivity index (χ1v) is 12.8. The van der Waals surface area contributed by atoms with E-state index in [1.54, 1.807) is 23.1 Å². The Hall–Kier alpha value is -2.95. The van der Waals surface area contributed by atoms with Gasteiger partial charge in [-0.15, -0.1) is 0 Å². The minimum Gasteiger partial charge on any atom is -0.493 e. The van der Waals surface area contributed by atoms with Crippen LogP contribution in [0.1, 0.15) is 48.5 Å². The van der Waals surface area contributed by atoms with Crippen LogP contribution in [0.15, 0.2) is 23.8 Å². The second-order valence-electron chi connectivity index (χ2n) is 10.2. The third-order valence-electron chi connectivity index (χ3n) is 7.28. The Morgan fingerprint density at radius 1 is 1.32 bits per heavy atom. The number of nitrogens with one attached hydrogen (secondary N) is 1. The van der Waals surface area contributed by atoms with Crippen LogP contribution in [0.5, 0.6) is 11.5 Å². The number of aliphatic hydroxyl groups is 2. The number of benzene rings is 1. The lowest BCUT2D eigenvalue weighted by Gasteiger charge is -2.41. The lowest BCUT2D eigenvalue weighted by Crippen LogP contribution is -2.57. The average Bonchev–Trinajstić information content (AvgIpc) is 3.56. The van der Waals surface area contributed by atoms with Crippen molar-refractivity contribution in [2.75, 3.05) is 40.0 Å². The standard InChI is InChI=1S/C27H36N2O8/c1-15(2)4-7-29(27(34)17-5-9-36-14-17)20-12-19(26(33)28-6-8-30)22-18-10-16(13-31)11-21(35-3)24(18)37-25(22)23(20)32/h10-13,15,17,20,22-23,25,30,32H,4-9,14H2,1-3H3,(H,28,33)/t17?,20-,22+,23+,25+/m1/s1. The third-order valence-corrected chi connectivity index (χ3v) is 7.28. The number of carbonyl (C=O) groups excluding carboxylic acids is 3. The Balaban J connectivity index is 1.79. The zero-order valence-corrected chi connectivity index (χ0v) is 21.5. The van der Waals surface area contributed by atoms with Crippen LogP contribution in [-0.4, -0.2) is 91.5 Å². The Morgan fingerprint density at radius 3 is 2.73 bits per heavy atom. The number of nitrogens with zero attached hydrogens (tertiary/aromatic N) is 1. The molecule has 1 saturated heterocycles. The highest BCUT2D eigenvalue weighted by Gasteiger charge is 2.51. The van der Waals surface area contributed by atoms with E-state index in [2.05, 4.69) is 19.2 Å². The molecule has 3 N–H and O–H groups in total. The topological polar surface area (TPSA) is 135 Å². The van der Waals surface area contributed by atoms with E-state index in [1.165, 1.54) is 7.11 Å². The molecule has 1 fully saturated rings. The first-order chi connectivity index (χ1) is 17.8. The highest BCUT2D eigenvalue weighted by molar-refractivity contribution is 5.96. The van der Waals surface area contributed by atoms with Crippen LogP contribution in [0.2, 0.25) is 0 Å². The van der Waals surface area contributed by atoms with E-state index >= 15 is 0 Å². The maximum atomic E-state index is 13.6. The van der Waals surface area contributed by atoms with E-state index in [9.17, 15) is 24.6 Å². The van der Waals surface area contributed by atoms with Gasteiger partial charge in [0.1, 0.15) is 18.5 Å². The molecule has 1 aliphatic carbocycles. The molecule has 202 valence electrons. The monoisotopic (exact) mass is 516 g/mol. The molecule has 1 unspecified atom stereocenters. The van der Waals surface area contributed by atoms with Crippen LogP contribution < -0.4 is 14.8 Å². The van der Waals surface area contributed by atoms with Crippen molar-refractivity contribution in [3.05, 3.63) is 34.9 Å². The van der Waals surface area contributed by atoms with Crippen molar-refractivity contribution in [1.29, 1.82) is 0 Å². The Labute approximate surface area is 216 Å². The highest BCUT2D eigenvalue weighted by Crippen LogP contribution is 2.51. The van der Waals surface area contributed by atoms with Crippen molar-refractivity contribution in [1.82, 2.24) is 10.2 Å². The fourth-order valence-corrected chi connectivity index (χ4v) is 5.33. The van der Waals surface area contributed by atoms with Crippen molar-refractivity contribution < 1.29 is 38.8 Å². The molecule has 5 atom stereocenters. The molecule has 37 heavy (non-hydrogen) atoms. The summed E-state index contributed by atoms with van der Waals surface area (Å²) < 4.78 is 17.1. The van der Waals surface area contributed by atoms with Gasteiger partial charge in [0.15, 0.2) is 11.5 Å². The summed E-state index contributed by atoms with van der Waals surface area (Å²) in [5.41, 5.74) is 1.21. The molecule has 1 aromatic carbocycles.